The zero-order valence-electron chi connectivity index (χ0n) is 24.1. The van der Waals surface area contributed by atoms with Gasteiger partial charge in [-0.25, -0.2) is 0 Å². The molecule has 40 heavy (non-hydrogen) atoms. The van der Waals surface area contributed by atoms with Gasteiger partial charge in [0.15, 0.2) is 0 Å². The van der Waals surface area contributed by atoms with Crippen molar-refractivity contribution in [2.45, 2.75) is 96.6 Å². The smallest absolute Gasteiger partial charge is 0.255 e. The van der Waals surface area contributed by atoms with Crippen LogP contribution in [0.25, 0.3) is 0 Å². The number of carbonyl (C=O) groups excluding carboxylic acids is 3. The Balaban J connectivity index is 1.33. The quantitative estimate of drug-likeness (QED) is 0.422. The van der Waals surface area contributed by atoms with Crippen molar-refractivity contribution >= 4 is 18.1 Å². The Bertz CT molecular complexity index is 1170. The average Bonchev–Trinajstić information content (AvgIpc) is 2.96. The number of hydrogen-bond acceptors (Lipinski definition) is 6. The third-order valence-corrected chi connectivity index (χ3v) is 10.4. The summed E-state index contributed by atoms with van der Waals surface area (Å²) in [7, 11) is 1.48. The minimum atomic E-state index is -0.333. The third-order valence-electron chi connectivity index (χ3n) is 10.4. The fourth-order valence-electron chi connectivity index (χ4n) is 7.40. The van der Waals surface area contributed by atoms with Crippen molar-refractivity contribution < 1.29 is 23.9 Å². The van der Waals surface area contributed by atoms with Gasteiger partial charge in [-0.15, -0.1) is 0 Å². The molecule has 2 atom stereocenters. The molecule has 2 bridgehead atoms. The van der Waals surface area contributed by atoms with Crippen molar-refractivity contribution in [3.63, 3.8) is 0 Å². The van der Waals surface area contributed by atoms with Gasteiger partial charge in [0.05, 0.1) is 30.3 Å². The first-order valence-corrected chi connectivity index (χ1v) is 15.0. The molecule has 1 aromatic rings. The molecule has 2 N–H and O–H groups in total. The molecule has 6 rings (SSSR count). The summed E-state index contributed by atoms with van der Waals surface area (Å²) in [5, 5.41) is 16.3. The van der Waals surface area contributed by atoms with E-state index in [1.165, 1.54) is 13.5 Å². The number of carbonyl (C=O) groups is 3. The molecule has 5 aliphatic carbocycles. The lowest BCUT2D eigenvalue weighted by molar-refractivity contribution is -0.132. The maximum Gasteiger partial charge on any atom is 0.255 e. The van der Waals surface area contributed by atoms with Gasteiger partial charge < -0.3 is 24.9 Å². The number of ether oxygens (including phenoxy) is 2. The number of methoxy groups -OCH3 is 1. The van der Waals surface area contributed by atoms with Crippen LogP contribution in [0.1, 0.15) is 100 Å². The van der Waals surface area contributed by atoms with E-state index in [0.717, 1.165) is 57.7 Å². The number of hydrogen-bond donors (Lipinski definition) is 2. The fourth-order valence-corrected chi connectivity index (χ4v) is 7.40. The Hall–Kier alpha value is -3.08. The number of amides is 2. The van der Waals surface area contributed by atoms with E-state index in [0.29, 0.717) is 42.0 Å². The molecule has 5 fully saturated rings. The van der Waals surface area contributed by atoms with E-state index in [4.69, 9.17) is 9.47 Å². The van der Waals surface area contributed by atoms with Gasteiger partial charge in [-0.2, -0.15) is 5.26 Å². The van der Waals surface area contributed by atoms with E-state index < -0.39 is 0 Å². The lowest BCUT2D eigenvalue weighted by atomic mass is 9.61. The molecule has 0 radical (unpaired) electrons. The molecule has 216 valence electrons. The lowest BCUT2D eigenvalue weighted by Gasteiger charge is -2.48. The van der Waals surface area contributed by atoms with Crippen molar-refractivity contribution in [1.29, 1.82) is 5.26 Å². The second-order valence-electron chi connectivity index (χ2n) is 13.3. The molecule has 8 heteroatoms. The summed E-state index contributed by atoms with van der Waals surface area (Å²) in [6.45, 7) is 4.89. The second-order valence-corrected chi connectivity index (χ2v) is 13.3. The van der Waals surface area contributed by atoms with Crippen molar-refractivity contribution in [3.05, 3.63) is 23.3 Å². The van der Waals surface area contributed by atoms with Gasteiger partial charge in [0.25, 0.3) is 5.91 Å². The summed E-state index contributed by atoms with van der Waals surface area (Å²) in [5.41, 5.74) is 0.461. The molecular weight excluding hydrogens is 506 g/mol. The predicted molar refractivity (Wildman–Crippen MR) is 150 cm³/mol. The van der Waals surface area contributed by atoms with Gasteiger partial charge in [0.1, 0.15) is 23.9 Å². The maximum atomic E-state index is 13.8. The highest BCUT2D eigenvalue weighted by atomic mass is 16.5. The second kappa shape index (κ2) is 11.4. The number of rotatable bonds is 9. The van der Waals surface area contributed by atoms with E-state index in [9.17, 15) is 19.6 Å². The summed E-state index contributed by atoms with van der Waals surface area (Å²) in [6, 6.07) is 5.09. The number of nitrogens with zero attached hydrogens (tertiary/aromatic N) is 1. The molecule has 0 spiro atoms. The zero-order valence-corrected chi connectivity index (χ0v) is 24.1. The van der Waals surface area contributed by atoms with Crippen LogP contribution >= 0.6 is 0 Å². The van der Waals surface area contributed by atoms with E-state index >= 15 is 0 Å². The number of fused-ring (bicyclic) bond motifs is 3. The van der Waals surface area contributed by atoms with Gasteiger partial charge in [-0.3, -0.25) is 9.59 Å². The fraction of sp³-hybridized carbons (Fsp3) is 0.688. The zero-order chi connectivity index (χ0) is 28.5. The molecule has 1 aromatic carbocycles. The first-order valence-electron chi connectivity index (χ1n) is 15.0. The van der Waals surface area contributed by atoms with Gasteiger partial charge in [0.2, 0.25) is 5.91 Å². The molecule has 5 aliphatic rings. The maximum absolute atomic E-state index is 13.8. The van der Waals surface area contributed by atoms with E-state index in [-0.39, 0.29) is 52.5 Å². The molecule has 8 nitrogen and oxygen atoms in total. The topological polar surface area (TPSA) is 118 Å². The van der Waals surface area contributed by atoms with Crippen LogP contribution in [0.2, 0.25) is 0 Å². The largest absolute Gasteiger partial charge is 0.496 e. The van der Waals surface area contributed by atoms with E-state index in [1.54, 1.807) is 12.1 Å². The van der Waals surface area contributed by atoms with Crippen LogP contribution in [0.4, 0.5) is 0 Å². The van der Waals surface area contributed by atoms with E-state index in [2.05, 4.69) is 23.6 Å². The van der Waals surface area contributed by atoms with Crippen LogP contribution in [0.5, 0.6) is 11.5 Å². The normalized spacial score (nSPS) is 32.2. The summed E-state index contributed by atoms with van der Waals surface area (Å²) in [5.74, 6) is 0.690. The Kier molecular flexibility index (Phi) is 8.13. The minimum absolute atomic E-state index is 0.0586. The van der Waals surface area contributed by atoms with Crippen LogP contribution in [-0.2, 0) is 9.59 Å². The number of aldehydes is 1. The van der Waals surface area contributed by atoms with E-state index in [1.807, 2.05) is 6.92 Å². The molecule has 0 heterocycles. The van der Waals surface area contributed by atoms with Crippen LogP contribution in [-0.4, -0.2) is 43.9 Å². The SMILES string of the molecule is COc1cc(C#N)c(O[C@H]2CC[C@@](C)(C=O)CC2)cc1C(=O)N[C@H]1C2CCC(CC2)[C@H]1C(=O)NCC1(C)CCC1. The monoisotopic (exact) mass is 549 g/mol. The summed E-state index contributed by atoms with van der Waals surface area (Å²) >= 11 is 0. The molecule has 2 amide bonds. The third kappa shape index (κ3) is 5.70. The van der Waals surface area contributed by atoms with Crippen LogP contribution < -0.4 is 20.1 Å². The van der Waals surface area contributed by atoms with Gasteiger partial charge >= 0.3 is 0 Å². The summed E-state index contributed by atoms with van der Waals surface area (Å²) < 4.78 is 11.8. The van der Waals surface area contributed by atoms with Crippen LogP contribution in [0.15, 0.2) is 12.1 Å². The molecule has 0 aliphatic heterocycles. The predicted octanol–water partition coefficient (Wildman–Crippen LogP) is 4.93. The highest BCUT2D eigenvalue weighted by molar-refractivity contribution is 5.98. The van der Waals surface area contributed by atoms with Crippen LogP contribution in [0.3, 0.4) is 0 Å². The van der Waals surface area contributed by atoms with Crippen molar-refractivity contribution in [3.8, 4) is 17.6 Å². The Morgan fingerprint density at radius 1 is 1.02 bits per heavy atom. The number of nitriles is 1. The molecule has 5 saturated carbocycles. The molecule has 0 saturated heterocycles. The van der Waals surface area contributed by atoms with Crippen molar-refractivity contribution in [2.75, 3.05) is 13.7 Å². The lowest BCUT2D eigenvalue weighted by Crippen LogP contribution is -2.58. The summed E-state index contributed by atoms with van der Waals surface area (Å²) in [4.78, 5) is 38.7. The highest BCUT2D eigenvalue weighted by Gasteiger charge is 2.48. The first-order chi connectivity index (χ1) is 19.2. The Labute approximate surface area is 237 Å². The van der Waals surface area contributed by atoms with Crippen LogP contribution in [0, 0.1) is 39.9 Å². The Morgan fingerprint density at radius 2 is 1.70 bits per heavy atom. The molecule has 0 unspecified atom stereocenters. The number of benzene rings is 1. The average molecular weight is 550 g/mol. The molecule has 0 aromatic heterocycles. The van der Waals surface area contributed by atoms with Gasteiger partial charge in [-0.05, 0) is 87.5 Å². The first kappa shape index (κ1) is 28.4. The van der Waals surface area contributed by atoms with Crippen molar-refractivity contribution in [2.24, 2.45) is 28.6 Å². The Morgan fingerprint density at radius 3 is 2.27 bits per heavy atom. The number of nitrogens with one attached hydrogen (secondary N) is 2. The molecular formula is C32H43N3O5. The standard InChI is InChI=1S/C32H43N3O5/c1-31(11-4-12-31)18-34-30(38)27-20-5-7-21(8-6-20)28(27)35-29(37)24-16-25(22(17-33)15-26(24)39-3)40-23-9-13-32(2,19-36)14-10-23/h15-16,19-21,23,27-28H,4-14,18H2,1-3H3,(H,34,38)(H,35,37)/t20?,21?,23-,27-,28+,32+/m1/s1. The van der Waals surface area contributed by atoms with Crippen molar-refractivity contribution in [1.82, 2.24) is 10.6 Å². The summed E-state index contributed by atoms with van der Waals surface area (Å²) in [6.07, 6.45) is 11.3. The highest BCUT2D eigenvalue weighted by Crippen LogP contribution is 2.46. The van der Waals surface area contributed by atoms with Gasteiger partial charge in [-0.1, -0.05) is 20.3 Å². The minimum Gasteiger partial charge on any atom is -0.496 e. The van der Waals surface area contributed by atoms with Gasteiger partial charge in [0, 0.05) is 24.1 Å².